The molecule has 3 amide bonds. The number of anilines is 1. The minimum Gasteiger partial charge on any atom is -0.457 e. The van der Waals surface area contributed by atoms with E-state index in [1.807, 2.05) is 6.07 Å². The molecular formula is C28H28N6O9S. The predicted octanol–water partition coefficient (Wildman–Crippen LogP) is 1.51. The monoisotopic (exact) mass is 624 g/mol. The molecule has 16 heteroatoms. The maximum Gasteiger partial charge on any atom is 0.413 e. The molecule has 0 spiro atoms. The Labute approximate surface area is 255 Å². The van der Waals surface area contributed by atoms with Crippen molar-refractivity contribution < 1.29 is 43.0 Å². The molecule has 1 aromatic heterocycles. The van der Waals surface area contributed by atoms with Crippen LogP contribution in [0.2, 0.25) is 0 Å². The molecule has 1 saturated heterocycles. The van der Waals surface area contributed by atoms with Crippen LogP contribution in [-0.4, -0.2) is 90.0 Å². The summed E-state index contributed by atoms with van der Waals surface area (Å²) in [5.41, 5.74) is 0.132. The lowest BCUT2D eigenvalue weighted by Crippen LogP contribution is -2.46. The van der Waals surface area contributed by atoms with Crippen molar-refractivity contribution in [3.63, 3.8) is 0 Å². The maximum absolute atomic E-state index is 13.5. The zero-order valence-electron chi connectivity index (χ0n) is 23.5. The van der Waals surface area contributed by atoms with Crippen molar-refractivity contribution in [2.75, 3.05) is 38.7 Å². The minimum absolute atomic E-state index is 0.00838. The van der Waals surface area contributed by atoms with Crippen molar-refractivity contribution in [1.29, 1.82) is 0 Å². The molecule has 4 rings (SSSR count). The Morgan fingerprint density at radius 1 is 1.09 bits per heavy atom. The van der Waals surface area contributed by atoms with Gasteiger partial charge in [-0.3, -0.25) is 14.9 Å². The van der Waals surface area contributed by atoms with E-state index in [0.29, 0.717) is 0 Å². The van der Waals surface area contributed by atoms with Crippen LogP contribution in [-0.2, 0) is 44.8 Å². The molecule has 0 aliphatic carbocycles. The first-order valence-corrected chi connectivity index (χ1v) is 13.9. The topological polar surface area (TPSA) is 178 Å². The van der Waals surface area contributed by atoms with E-state index in [0.717, 1.165) is 21.9 Å². The van der Waals surface area contributed by atoms with E-state index >= 15 is 0 Å². The molecule has 15 nitrogen and oxygen atoms in total. The Bertz CT molecular complexity index is 1520. The summed E-state index contributed by atoms with van der Waals surface area (Å²) in [5.74, 6) is -3.24. The van der Waals surface area contributed by atoms with E-state index in [2.05, 4.69) is 33.9 Å². The molecule has 2 aliphatic heterocycles. The average Bonchev–Trinajstić information content (AvgIpc) is 3.72. The number of rotatable bonds is 13. The fourth-order valence-electron chi connectivity index (χ4n) is 4.14. The normalized spacial score (nSPS) is 16.2. The van der Waals surface area contributed by atoms with Crippen LogP contribution in [0.15, 0.2) is 77.4 Å². The molecule has 1 aromatic carbocycles. The molecular weight excluding hydrogens is 596 g/mol. The lowest BCUT2D eigenvalue weighted by molar-refractivity contribution is -0.147. The predicted molar refractivity (Wildman–Crippen MR) is 156 cm³/mol. The van der Waals surface area contributed by atoms with Crippen LogP contribution in [0, 0.1) is 0 Å². The number of thiazole rings is 1. The highest BCUT2D eigenvalue weighted by Crippen LogP contribution is 2.31. The number of carbonyl (C=O) groups is 5. The average molecular weight is 625 g/mol. The number of oxime groups is 1. The first-order valence-electron chi connectivity index (χ1n) is 13.0. The van der Waals surface area contributed by atoms with Crippen LogP contribution >= 0.6 is 11.3 Å². The molecule has 1 fully saturated rings. The molecule has 3 heterocycles. The van der Waals surface area contributed by atoms with Crippen LogP contribution in [0.5, 0.6) is 0 Å². The maximum atomic E-state index is 13.5. The van der Waals surface area contributed by atoms with E-state index in [9.17, 15) is 24.0 Å². The van der Waals surface area contributed by atoms with E-state index in [-0.39, 0.29) is 60.7 Å². The van der Waals surface area contributed by atoms with Crippen molar-refractivity contribution in [1.82, 2.24) is 20.3 Å². The summed E-state index contributed by atoms with van der Waals surface area (Å²) < 4.78 is 15.4. The Morgan fingerprint density at radius 2 is 1.82 bits per heavy atom. The molecule has 1 atom stereocenters. The van der Waals surface area contributed by atoms with Gasteiger partial charge in [0.25, 0.3) is 11.8 Å². The standard InChI is InChI=1S/C28H28N6O9S/c1-4-11-41-26(38)22-18(25(37)43-15-17-9-7-6-8-10-17)13-33-14-19(24(36)34(22)33)29-23(35)21(32-40-3)20-16-44-27(30-20)31-28(39)42-12-5-2/h4-10,16,19H,1-2,11-15H2,3H3,(H,29,35)(H,30,31,39)/b32-21-/t19-/m0/s1. The van der Waals surface area contributed by atoms with Gasteiger partial charge < -0.3 is 24.4 Å². The smallest absolute Gasteiger partial charge is 0.413 e. The Hall–Kier alpha value is -5.35. The van der Waals surface area contributed by atoms with Crippen molar-refractivity contribution in [3.8, 4) is 0 Å². The quantitative estimate of drug-likeness (QED) is 0.109. The summed E-state index contributed by atoms with van der Waals surface area (Å²) in [4.78, 5) is 73.5. The van der Waals surface area contributed by atoms with Gasteiger partial charge in [-0.05, 0) is 5.56 Å². The summed E-state index contributed by atoms with van der Waals surface area (Å²) >= 11 is 0.998. The Morgan fingerprint density at radius 3 is 2.52 bits per heavy atom. The van der Waals surface area contributed by atoms with Crippen LogP contribution in [0.3, 0.4) is 0 Å². The molecule has 2 aliphatic rings. The van der Waals surface area contributed by atoms with E-state index in [1.165, 1.54) is 29.7 Å². The second-order valence-corrected chi connectivity index (χ2v) is 9.83. The number of amides is 3. The van der Waals surface area contributed by atoms with Gasteiger partial charge in [0.15, 0.2) is 16.5 Å². The number of ether oxygens (including phenoxy) is 3. The second kappa shape index (κ2) is 14.7. The molecule has 44 heavy (non-hydrogen) atoms. The highest BCUT2D eigenvalue weighted by Gasteiger charge is 2.50. The van der Waals surface area contributed by atoms with E-state index in [4.69, 9.17) is 19.0 Å². The summed E-state index contributed by atoms with van der Waals surface area (Å²) in [5, 5.41) is 12.7. The van der Waals surface area contributed by atoms with Crippen molar-refractivity contribution in [2.24, 2.45) is 5.16 Å². The third-order valence-corrected chi connectivity index (χ3v) is 6.75. The van der Waals surface area contributed by atoms with Gasteiger partial charge in [0.05, 0.1) is 12.1 Å². The highest BCUT2D eigenvalue weighted by molar-refractivity contribution is 7.14. The fourth-order valence-corrected chi connectivity index (χ4v) is 4.82. The van der Waals surface area contributed by atoms with Gasteiger partial charge in [-0.25, -0.2) is 29.4 Å². The summed E-state index contributed by atoms with van der Waals surface area (Å²) in [7, 11) is 1.22. The van der Waals surface area contributed by atoms with Crippen molar-refractivity contribution in [3.05, 3.63) is 83.5 Å². The van der Waals surface area contributed by atoms with Crippen LogP contribution in [0.4, 0.5) is 9.93 Å². The minimum atomic E-state index is -1.14. The number of carbonyl (C=O) groups excluding carboxylic acids is 5. The van der Waals surface area contributed by atoms with Gasteiger partial charge in [-0.15, -0.1) is 11.3 Å². The van der Waals surface area contributed by atoms with Gasteiger partial charge in [0.1, 0.15) is 38.7 Å². The SMILES string of the molecule is C=CCOC(=O)Nc1nc(/C(=N/OC)C(=O)N[C@H]2CN3CC(C(=O)OCc4ccccc4)=C(C(=O)OCC=C)N3C2=O)cs1. The van der Waals surface area contributed by atoms with Gasteiger partial charge in [-0.2, -0.15) is 0 Å². The number of hydrogen-bond donors (Lipinski definition) is 2. The number of nitrogens with one attached hydrogen (secondary N) is 2. The Balaban J connectivity index is 1.49. The fraction of sp³-hybridized carbons (Fsp3) is 0.250. The van der Waals surface area contributed by atoms with Gasteiger partial charge >= 0.3 is 18.0 Å². The molecule has 0 bridgehead atoms. The van der Waals surface area contributed by atoms with E-state index in [1.54, 1.807) is 24.3 Å². The first kappa shape index (κ1) is 31.6. The summed E-state index contributed by atoms with van der Waals surface area (Å²) in [6.45, 7) is 6.51. The third-order valence-electron chi connectivity index (χ3n) is 6.00. The summed E-state index contributed by atoms with van der Waals surface area (Å²) in [6, 6.07) is 7.81. The number of nitrogens with zero attached hydrogens (tertiary/aromatic N) is 4. The first-order chi connectivity index (χ1) is 21.3. The molecule has 0 saturated carbocycles. The molecule has 230 valence electrons. The molecule has 2 N–H and O–H groups in total. The van der Waals surface area contributed by atoms with Gasteiger partial charge in [-0.1, -0.05) is 60.8 Å². The lowest BCUT2D eigenvalue weighted by Gasteiger charge is -2.20. The number of hydrazine groups is 1. The zero-order chi connectivity index (χ0) is 31.6. The largest absolute Gasteiger partial charge is 0.457 e. The number of benzene rings is 1. The molecule has 0 radical (unpaired) electrons. The van der Waals surface area contributed by atoms with Crippen molar-refractivity contribution >= 4 is 52.0 Å². The van der Waals surface area contributed by atoms with E-state index < -0.39 is 35.9 Å². The summed E-state index contributed by atoms with van der Waals surface area (Å²) in [6.07, 6.45) is 1.96. The van der Waals surface area contributed by atoms with Gasteiger partial charge in [0.2, 0.25) is 0 Å². The van der Waals surface area contributed by atoms with Crippen LogP contribution in [0.25, 0.3) is 0 Å². The lowest BCUT2D eigenvalue weighted by atomic mass is 10.1. The Kier molecular flexibility index (Phi) is 10.6. The van der Waals surface area contributed by atoms with Crippen molar-refractivity contribution in [2.45, 2.75) is 12.6 Å². The highest BCUT2D eigenvalue weighted by atomic mass is 32.1. The molecule has 0 unspecified atom stereocenters. The number of fused-ring (bicyclic) bond motifs is 1. The third kappa shape index (κ3) is 7.34. The second-order valence-electron chi connectivity index (χ2n) is 8.97. The zero-order valence-corrected chi connectivity index (χ0v) is 24.3. The number of hydrogen-bond acceptors (Lipinski definition) is 13. The van der Waals surface area contributed by atoms with Gasteiger partial charge in [0, 0.05) is 11.9 Å². The number of esters is 2. The van der Waals surface area contributed by atoms with Crippen LogP contribution in [0.1, 0.15) is 11.3 Å². The van der Waals surface area contributed by atoms with Crippen LogP contribution < -0.4 is 10.6 Å². The number of aromatic nitrogens is 1. The molecule has 2 aromatic rings.